The zero-order chi connectivity index (χ0) is 19.6. The summed E-state index contributed by atoms with van der Waals surface area (Å²) in [5, 5.41) is 5.37. The molecule has 4 N–H and O–H groups in total. The van der Waals surface area contributed by atoms with Gasteiger partial charge in [-0.25, -0.2) is 0 Å². The van der Waals surface area contributed by atoms with E-state index in [1.54, 1.807) is 6.07 Å². The molecule has 27 heavy (non-hydrogen) atoms. The number of anilines is 1. The highest BCUT2D eigenvalue weighted by molar-refractivity contribution is 5.95. The number of amides is 2. The Hall–Kier alpha value is -2.70. The third kappa shape index (κ3) is 6.84. The molecule has 0 bridgehead atoms. The smallest absolute Gasteiger partial charge is 0.243 e. The van der Waals surface area contributed by atoms with Gasteiger partial charge in [0.05, 0.1) is 25.8 Å². The molecule has 0 aliphatic heterocycles. The lowest BCUT2D eigenvalue weighted by molar-refractivity contribution is -0.125. The van der Waals surface area contributed by atoms with Crippen molar-refractivity contribution in [3.63, 3.8) is 0 Å². The maximum Gasteiger partial charge on any atom is 0.243 e. The van der Waals surface area contributed by atoms with E-state index in [1.165, 1.54) is 0 Å². The lowest BCUT2D eigenvalue weighted by Gasteiger charge is -2.16. The highest BCUT2D eigenvalue weighted by atomic mass is 16.5. The summed E-state index contributed by atoms with van der Waals surface area (Å²) in [5.74, 6) is -0.634. The van der Waals surface area contributed by atoms with E-state index in [9.17, 15) is 9.59 Å². The monoisotopic (exact) mass is 369 g/mol. The van der Waals surface area contributed by atoms with Crippen LogP contribution in [0.4, 0.5) is 5.69 Å². The maximum absolute atomic E-state index is 12.1. The van der Waals surface area contributed by atoms with E-state index >= 15 is 0 Å². The Bertz CT molecular complexity index is 747. The Balaban J connectivity index is 1.85. The van der Waals surface area contributed by atoms with Crippen molar-refractivity contribution >= 4 is 17.5 Å². The molecule has 6 nitrogen and oxygen atoms in total. The second-order valence-electron chi connectivity index (χ2n) is 6.67. The van der Waals surface area contributed by atoms with E-state index in [1.807, 2.05) is 62.4 Å². The SMILES string of the molecule is CC(C)[C@H](N)C(=O)NCC(=O)Nc1ccccc1COCc1ccccc1. The van der Waals surface area contributed by atoms with Crippen molar-refractivity contribution in [2.24, 2.45) is 11.7 Å². The number of benzene rings is 2. The molecule has 0 heterocycles. The molecule has 0 aromatic heterocycles. The van der Waals surface area contributed by atoms with Crippen LogP contribution in [0, 0.1) is 5.92 Å². The van der Waals surface area contributed by atoms with E-state index in [-0.39, 0.29) is 24.3 Å². The van der Waals surface area contributed by atoms with Crippen molar-refractivity contribution in [2.75, 3.05) is 11.9 Å². The van der Waals surface area contributed by atoms with E-state index in [2.05, 4.69) is 10.6 Å². The number of hydrogen-bond donors (Lipinski definition) is 3. The summed E-state index contributed by atoms with van der Waals surface area (Å²) >= 11 is 0. The topological polar surface area (TPSA) is 93.5 Å². The normalized spacial score (nSPS) is 11.9. The number of rotatable bonds is 9. The number of nitrogens with one attached hydrogen (secondary N) is 2. The quantitative estimate of drug-likeness (QED) is 0.633. The van der Waals surface area contributed by atoms with Crippen LogP contribution in [0.25, 0.3) is 0 Å². The van der Waals surface area contributed by atoms with Gasteiger partial charge in [0.2, 0.25) is 11.8 Å². The molecule has 2 aromatic carbocycles. The first kappa shape index (κ1) is 20.6. The zero-order valence-corrected chi connectivity index (χ0v) is 15.8. The summed E-state index contributed by atoms with van der Waals surface area (Å²) in [7, 11) is 0. The molecule has 0 aliphatic carbocycles. The maximum atomic E-state index is 12.1. The lowest BCUT2D eigenvalue weighted by Crippen LogP contribution is -2.46. The van der Waals surface area contributed by atoms with Crippen LogP contribution in [0.15, 0.2) is 54.6 Å². The Morgan fingerprint density at radius 3 is 2.37 bits per heavy atom. The van der Waals surface area contributed by atoms with Crippen molar-refractivity contribution in [3.05, 3.63) is 65.7 Å². The Morgan fingerprint density at radius 2 is 1.67 bits per heavy atom. The van der Waals surface area contributed by atoms with Crippen LogP contribution >= 0.6 is 0 Å². The molecule has 0 aliphatic rings. The van der Waals surface area contributed by atoms with Gasteiger partial charge in [-0.05, 0) is 17.5 Å². The predicted molar refractivity (Wildman–Crippen MR) is 106 cm³/mol. The lowest BCUT2D eigenvalue weighted by atomic mass is 10.1. The molecular weight excluding hydrogens is 342 g/mol. The number of carbonyl (C=O) groups is 2. The van der Waals surface area contributed by atoms with E-state index in [0.717, 1.165) is 11.1 Å². The van der Waals surface area contributed by atoms with Crippen molar-refractivity contribution in [1.82, 2.24) is 5.32 Å². The minimum absolute atomic E-state index is 0.00977. The average Bonchev–Trinajstić information content (AvgIpc) is 2.67. The molecule has 6 heteroatoms. The summed E-state index contributed by atoms with van der Waals surface area (Å²) in [6.45, 7) is 4.45. The van der Waals surface area contributed by atoms with Gasteiger partial charge in [-0.1, -0.05) is 62.4 Å². The fourth-order valence-corrected chi connectivity index (χ4v) is 2.40. The fraction of sp³-hybridized carbons (Fsp3) is 0.333. The molecule has 0 unspecified atom stereocenters. The minimum atomic E-state index is -0.628. The van der Waals surface area contributed by atoms with Gasteiger partial charge in [0.1, 0.15) is 0 Å². The van der Waals surface area contributed by atoms with Gasteiger partial charge >= 0.3 is 0 Å². The van der Waals surface area contributed by atoms with Crippen LogP contribution < -0.4 is 16.4 Å². The van der Waals surface area contributed by atoms with E-state index < -0.39 is 6.04 Å². The van der Waals surface area contributed by atoms with Gasteiger partial charge < -0.3 is 21.1 Å². The van der Waals surface area contributed by atoms with Crippen LogP contribution in [-0.4, -0.2) is 24.4 Å². The third-order valence-electron chi connectivity index (χ3n) is 4.10. The summed E-state index contributed by atoms with van der Waals surface area (Å²) in [5.41, 5.74) is 8.38. The van der Waals surface area contributed by atoms with Crippen molar-refractivity contribution in [2.45, 2.75) is 33.1 Å². The average molecular weight is 369 g/mol. The van der Waals surface area contributed by atoms with Crippen LogP contribution in [0.2, 0.25) is 0 Å². The summed E-state index contributed by atoms with van der Waals surface area (Å²) in [6.07, 6.45) is 0. The number of ether oxygens (including phenoxy) is 1. The third-order valence-corrected chi connectivity index (χ3v) is 4.10. The number of para-hydroxylation sites is 1. The predicted octanol–water partition coefficient (Wildman–Crippen LogP) is 2.44. The number of carbonyl (C=O) groups excluding carboxylic acids is 2. The molecule has 0 saturated heterocycles. The highest BCUT2D eigenvalue weighted by Crippen LogP contribution is 2.16. The molecule has 2 amide bonds. The zero-order valence-electron chi connectivity index (χ0n) is 15.8. The molecule has 144 valence electrons. The molecule has 2 rings (SSSR count). The molecule has 2 aromatic rings. The first-order valence-electron chi connectivity index (χ1n) is 9.00. The fourth-order valence-electron chi connectivity index (χ4n) is 2.40. The van der Waals surface area contributed by atoms with Gasteiger partial charge in [0, 0.05) is 11.3 Å². The van der Waals surface area contributed by atoms with Gasteiger partial charge in [-0.2, -0.15) is 0 Å². The van der Waals surface area contributed by atoms with Crippen LogP contribution in [-0.2, 0) is 27.5 Å². The molecular formula is C21H27N3O3. The number of nitrogens with two attached hydrogens (primary N) is 1. The molecule has 1 atom stereocenters. The standard InChI is InChI=1S/C21H27N3O3/c1-15(2)20(22)21(26)23-12-19(25)24-18-11-7-6-10-17(18)14-27-13-16-8-4-3-5-9-16/h3-11,15,20H,12-14,22H2,1-2H3,(H,23,26)(H,24,25)/t20-/m0/s1. The van der Waals surface area contributed by atoms with Crippen molar-refractivity contribution in [3.8, 4) is 0 Å². The second kappa shape index (κ2) is 10.4. The van der Waals surface area contributed by atoms with Crippen molar-refractivity contribution in [1.29, 1.82) is 0 Å². The van der Waals surface area contributed by atoms with E-state index in [4.69, 9.17) is 10.5 Å². The first-order valence-corrected chi connectivity index (χ1v) is 9.00. The van der Waals surface area contributed by atoms with Gasteiger partial charge in [0.15, 0.2) is 0 Å². The number of hydrogen-bond acceptors (Lipinski definition) is 4. The van der Waals surface area contributed by atoms with Crippen LogP contribution in [0.3, 0.4) is 0 Å². The molecule has 0 fully saturated rings. The Labute approximate surface area is 160 Å². The molecule has 0 radical (unpaired) electrons. The second-order valence-corrected chi connectivity index (χ2v) is 6.67. The van der Waals surface area contributed by atoms with Gasteiger partial charge in [0.25, 0.3) is 0 Å². The first-order chi connectivity index (χ1) is 13.0. The summed E-state index contributed by atoms with van der Waals surface area (Å²) in [4.78, 5) is 24.0. The largest absolute Gasteiger partial charge is 0.372 e. The van der Waals surface area contributed by atoms with Crippen molar-refractivity contribution < 1.29 is 14.3 Å². The summed E-state index contributed by atoms with van der Waals surface area (Å²) < 4.78 is 5.75. The molecule has 0 spiro atoms. The minimum Gasteiger partial charge on any atom is -0.372 e. The van der Waals surface area contributed by atoms with Crippen LogP contribution in [0.5, 0.6) is 0 Å². The van der Waals surface area contributed by atoms with Gasteiger partial charge in [-0.3, -0.25) is 9.59 Å². The highest BCUT2D eigenvalue weighted by Gasteiger charge is 2.17. The van der Waals surface area contributed by atoms with Crippen LogP contribution in [0.1, 0.15) is 25.0 Å². The summed E-state index contributed by atoms with van der Waals surface area (Å²) in [6, 6.07) is 16.7. The Morgan fingerprint density at radius 1 is 1.00 bits per heavy atom. The van der Waals surface area contributed by atoms with E-state index in [0.29, 0.717) is 18.9 Å². The van der Waals surface area contributed by atoms with Gasteiger partial charge in [-0.15, -0.1) is 0 Å². The Kier molecular flexibility index (Phi) is 7.98. The molecule has 0 saturated carbocycles.